The number of ether oxygens (including phenoxy) is 1. The second-order valence-electron chi connectivity index (χ2n) is 9.06. The Labute approximate surface area is 183 Å². The normalized spacial score (nSPS) is 25.8. The monoisotopic (exact) mass is 421 g/mol. The van der Waals surface area contributed by atoms with Crippen LogP contribution in [0.15, 0.2) is 30.5 Å². The van der Waals surface area contributed by atoms with Crippen molar-refractivity contribution < 1.29 is 9.53 Å². The summed E-state index contributed by atoms with van der Waals surface area (Å²) in [7, 11) is 0. The lowest BCUT2D eigenvalue weighted by atomic mass is 9.80. The molecule has 0 unspecified atom stereocenters. The second-order valence-corrected chi connectivity index (χ2v) is 9.06. The lowest BCUT2D eigenvalue weighted by Gasteiger charge is -2.46. The molecular weight excluding hydrogens is 390 g/mol. The molecule has 0 aromatic carbocycles. The molecule has 2 aliphatic heterocycles. The predicted octanol–water partition coefficient (Wildman–Crippen LogP) is 3.56. The highest BCUT2D eigenvalue weighted by atomic mass is 16.5. The van der Waals surface area contributed by atoms with Gasteiger partial charge in [0.05, 0.1) is 31.1 Å². The molecule has 1 saturated carbocycles. The van der Waals surface area contributed by atoms with Crippen molar-refractivity contribution in [3.63, 3.8) is 0 Å². The van der Waals surface area contributed by atoms with Crippen LogP contribution in [0.1, 0.15) is 44.0 Å². The van der Waals surface area contributed by atoms with E-state index in [1.165, 1.54) is 12.8 Å². The summed E-state index contributed by atoms with van der Waals surface area (Å²) in [6.07, 6.45) is 4.27. The maximum Gasteiger partial charge on any atom is 0.224 e. The summed E-state index contributed by atoms with van der Waals surface area (Å²) in [6.45, 7) is 9.05. The molecule has 7 heteroatoms. The maximum atomic E-state index is 12.8. The van der Waals surface area contributed by atoms with Gasteiger partial charge in [0.25, 0.3) is 0 Å². The molecule has 3 aliphatic rings. The molecule has 1 amide bonds. The SMILES string of the molecule is CC(=O)N1c2cnc(N3CCOCC3)cc2[C@H](Nc2cccc(C)n2)[C@@H](C)[C@@H]1C1CC1. The molecule has 1 N–H and O–H groups in total. The standard InChI is InChI=1S/C24H31N5O2/c1-15-5-4-6-21(26-15)27-23-16(2)24(18-7-8-18)29(17(3)30)20-14-25-22(13-19(20)23)28-9-11-31-12-10-28/h4-6,13-14,16,18,23-24H,7-12H2,1-3H3,(H,26,27)/t16-,23-,24-/m1/s1. The third-order valence-electron chi connectivity index (χ3n) is 6.83. The lowest BCUT2D eigenvalue weighted by Crippen LogP contribution is -2.51. The summed E-state index contributed by atoms with van der Waals surface area (Å²) in [5.41, 5.74) is 3.05. The van der Waals surface area contributed by atoms with Crippen molar-refractivity contribution in [3.8, 4) is 0 Å². The largest absolute Gasteiger partial charge is 0.378 e. The highest BCUT2D eigenvalue weighted by Gasteiger charge is 2.48. The van der Waals surface area contributed by atoms with Crippen molar-refractivity contribution >= 4 is 23.2 Å². The van der Waals surface area contributed by atoms with Gasteiger partial charge in [0.1, 0.15) is 11.6 Å². The number of carbonyl (C=O) groups excluding carboxylic acids is 1. The van der Waals surface area contributed by atoms with Gasteiger partial charge in [-0.15, -0.1) is 0 Å². The minimum Gasteiger partial charge on any atom is -0.378 e. The van der Waals surface area contributed by atoms with Gasteiger partial charge < -0.3 is 19.9 Å². The summed E-state index contributed by atoms with van der Waals surface area (Å²) < 4.78 is 5.52. The number of rotatable bonds is 4. The Bertz CT molecular complexity index is 970. The number of aryl methyl sites for hydroxylation is 1. The summed E-state index contributed by atoms with van der Waals surface area (Å²) in [5, 5.41) is 3.71. The lowest BCUT2D eigenvalue weighted by molar-refractivity contribution is -0.117. The predicted molar refractivity (Wildman–Crippen MR) is 121 cm³/mol. The number of carbonyl (C=O) groups is 1. The van der Waals surface area contributed by atoms with Crippen molar-refractivity contribution in [1.29, 1.82) is 0 Å². The van der Waals surface area contributed by atoms with E-state index in [0.717, 1.165) is 41.7 Å². The summed E-state index contributed by atoms with van der Waals surface area (Å²) in [5.74, 6) is 2.73. The molecule has 4 heterocycles. The van der Waals surface area contributed by atoms with Gasteiger partial charge in [0.15, 0.2) is 0 Å². The van der Waals surface area contributed by atoms with Crippen LogP contribution in [0.2, 0.25) is 0 Å². The van der Waals surface area contributed by atoms with Gasteiger partial charge >= 0.3 is 0 Å². The van der Waals surface area contributed by atoms with E-state index in [9.17, 15) is 4.79 Å². The molecule has 7 nitrogen and oxygen atoms in total. The van der Waals surface area contributed by atoms with E-state index < -0.39 is 0 Å². The fraction of sp³-hybridized carbons (Fsp3) is 0.542. The van der Waals surface area contributed by atoms with Crippen molar-refractivity contribution in [2.45, 2.75) is 45.7 Å². The number of nitrogens with one attached hydrogen (secondary N) is 1. The smallest absolute Gasteiger partial charge is 0.224 e. The zero-order valence-corrected chi connectivity index (χ0v) is 18.5. The van der Waals surface area contributed by atoms with E-state index >= 15 is 0 Å². The molecule has 164 valence electrons. The number of fused-ring (bicyclic) bond motifs is 1. The maximum absolute atomic E-state index is 12.8. The van der Waals surface area contributed by atoms with Crippen molar-refractivity contribution in [2.24, 2.45) is 11.8 Å². The zero-order chi connectivity index (χ0) is 21.5. The van der Waals surface area contributed by atoms with Crippen molar-refractivity contribution in [3.05, 3.63) is 41.7 Å². The highest BCUT2D eigenvalue weighted by Crippen LogP contribution is 2.50. The number of hydrogen-bond acceptors (Lipinski definition) is 6. The highest BCUT2D eigenvalue weighted by molar-refractivity contribution is 5.94. The third kappa shape index (κ3) is 3.87. The van der Waals surface area contributed by atoms with Crippen LogP contribution in [0.25, 0.3) is 0 Å². The topological polar surface area (TPSA) is 70.6 Å². The quantitative estimate of drug-likeness (QED) is 0.814. The third-order valence-corrected chi connectivity index (χ3v) is 6.83. The molecule has 0 bridgehead atoms. The van der Waals surface area contributed by atoms with E-state index in [4.69, 9.17) is 14.7 Å². The molecule has 2 fully saturated rings. The van der Waals surface area contributed by atoms with Crippen molar-refractivity contribution in [2.75, 3.05) is 41.4 Å². The van der Waals surface area contributed by atoms with Crippen LogP contribution in [0.5, 0.6) is 0 Å². The molecule has 0 radical (unpaired) electrons. The van der Waals surface area contributed by atoms with E-state index in [2.05, 4.69) is 23.2 Å². The van der Waals surface area contributed by atoms with Gasteiger partial charge in [-0.25, -0.2) is 9.97 Å². The minimum absolute atomic E-state index is 0.0632. The van der Waals surface area contributed by atoms with Gasteiger partial charge in [-0.2, -0.15) is 0 Å². The van der Waals surface area contributed by atoms with E-state index in [1.807, 2.05) is 36.2 Å². The fourth-order valence-corrected chi connectivity index (χ4v) is 5.19. The minimum atomic E-state index is 0.0632. The fourth-order valence-electron chi connectivity index (χ4n) is 5.19. The molecule has 2 aromatic heterocycles. The second kappa shape index (κ2) is 8.11. The van der Waals surface area contributed by atoms with Crippen LogP contribution in [0.4, 0.5) is 17.3 Å². The molecule has 31 heavy (non-hydrogen) atoms. The molecule has 5 rings (SSSR count). The van der Waals surface area contributed by atoms with Crippen LogP contribution in [0.3, 0.4) is 0 Å². The van der Waals surface area contributed by atoms with Gasteiger partial charge in [0.2, 0.25) is 5.91 Å². The summed E-state index contributed by atoms with van der Waals surface area (Å²) in [4.78, 5) is 26.5. The molecule has 1 saturated heterocycles. The Morgan fingerprint density at radius 3 is 2.68 bits per heavy atom. The van der Waals surface area contributed by atoms with Gasteiger partial charge in [0, 0.05) is 43.2 Å². The molecule has 2 aromatic rings. The molecule has 3 atom stereocenters. The number of morpholine rings is 1. The van der Waals surface area contributed by atoms with Crippen LogP contribution in [0, 0.1) is 18.8 Å². The summed E-state index contributed by atoms with van der Waals surface area (Å²) >= 11 is 0. The van der Waals surface area contributed by atoms with Crippen LogP contribution < -0.4 is 15.1 Å². The Kier molecular flexibility index (Phi) is 5.30. The van der Waals surface area contributed by atoms with Crippen LogP contribution in [-0.2, 0) is 9.53 Å². The molecule has 0 spiro atoms. The van der Waals surface area contributed by atoms with E-state index in [1.54, 1.807) is 6.92 Å². The molecular formula is C24H31N5O2. The summed E-state index contributed by atoms with van der Waals surface area (Å²) in [6, 6.07) is 8.48. The Balaban J connectivity index is 1.58. The average molecular weight is 422 g/mol. The van der Waals surface area contributed by atoms with Gasteiger partial charge in [-0.05, 0) is 43.9 Å². The number of pyridine rings is 2. The van der Waals surface area contributed by atoms with Gasteiger partial charge in [-0.3, -0.25) is 4.79 Å². The number of aromatic nitrogens is 2. The van der Waals surface area contributed by atoms with E-state index in [0.29, 0.717) is 19.1 Å². The Morgan fingerprint density at radius 1 is 1.23 bits per heavy atom. The Morgan fingerprint density at radius 2 is 2.00 bits per heavy atom. The first-order valence-electron chi connectivity index (χ1n) is 11.4. The number of nitrogens with zero attached hydrogens (tertiary/aromatic N) is 4. The zero-order valence-electron chi connectivity index (χ0n) is 18.5. The number of hydrogen-bond donors (Lipinski definition) is 1. The first-order chi connectivity index (χ1) is 15.0. The van der Waals surface area contributed by atoms with Crippen molar-refractivity contribution in [1.82, 2.24) is 9.97 Å². The van der Waals surface area contributed by atoms with E-state index in [-0.39, 0.29) is 23.9 Å². The first-order valence-corrected chi connectivity index (χ1v) is 11.4. The number of anilines is 3. The van der Waals surface area contributed by atoms with Crippen LogP contribution in [-0.4, -0.2) is 48.2 Å². The number of amides is 1. The first kappa shape index (κ1) is 20.2. The Hall–Kier alpha value is -2.67. The van der Waals surface area contributed by atoms with Gasteiger partial charge in [-0.1, -0.05) is 13.0 Å². The average Bonchev–Trinajstić information content (AvgIpc) is 3.60. The van der Waals surface area contributed by atoms with Crippen LogP contribution >= 0.6 is 0 Å². The molecule has 1 aliphatic carbocycles.